The third-order valence-corrected chi connectivity index (χ3v) is 7.40. The summed E-state index contributed by atoms with van der Waals surface area (Å²) in [6.45, 7) is 4.52. The van der Waals surface area contributed by atoms with Crippen LogP contribution < -0.4 is 20.5 Å². The highest BCUT2D eigenvalue weighted by atomic mass is 32.1. The average Bonchev–Trinajstić information content (AvgIpc) is 3.28. The molecule has 5 rings (SSSR count). The summed E-state index contributed by atoms with van der Waals surface area (Å²) >= 11 is 1.44. The molecule has 0 radical (unpaired) electrons. The fourth-order valence-corrected chi connectivity index (χ4v) is 5.61. The quantitative estimate of drug-likeness (QED) is 0.600. The molecule has 3 heterocycles. The van der Waals surface area contributed by atoms with Crippen molar-refractivity contribution in [1.82, 2.24) is 19.9 Å². The Kier molecular flexibility index (Phi) is 6.30. The van der Waals surface area contributed by atoms with E-state index < -0.39 is 0 Å². The maximum Gasteiger partial charge on any atom is 0.278 e. The normalized spacial score (nSPS) is 18.2. The molecule has 2 aromatic heterocycles. The second-order valence-corrected chi connectivity index (χ2v) is 9.64. The summed E-state index contributed by atoms with van der Waals surface area (Å²) < 4.78 is 6.93. The van der Waals surface area contributed by atoms with E-state index in [0.29, 0.717) is 24.7 Å². The van der Waals surface area contributed by atoms with Crippen LogP contribution in [-0.2, 0) is 24.2 Å². The lowest BCUT2D eigenvalue weighted by molar-refractivity contribution is -0.125. The number of carbonyl (C=O) groups excluding carboxylic acids is 1. The van der Waals surface area contributed by atoms with Crippen LogP contribution in [0.15, 0.2) is 29.1 Å². The van der Waals surface area contributed by atoms with Gasteiger partial charge in [-0.1, -0.05) is 23.5 Å². The highest BCUT2D eigenvalue weighted by Gasteiger charge is 2.28. The molecular weight excluding hydrogens is 438 g/mol. The Labute approximate surface area is 196 Å². The van der Waals surface area contributed by atoms with Crippen molar-refractivity contribution in [3.8, 4) is 5.75 Å². The first-order valence-corrected chi connectivity index (χ1v) is 12.6. The van der Waals surface area contributed by atoms with Gasteiger partial charge in [0.1, 0.15) is 5.75 Å². The van der Waals surface area contributed by atoms with Gasteiger partial charge in [0.2, 0.25) is 16.0 Å². The van der Waals surface area contributed by atoms with Gasteiger partial charge in [-0.2, -0.15) is 4.52 Å². The number of aryl methyl sites for hydroxylation is 1. The predicted molar refractivity (Wildman–Crippen MR) is 128 cm³/mol. The van der Waals surface area contributed by atoms with Gasteiger partial charge >= 0.3 is 0 Å². The van der Waals surface area contributed by atoms with Crippen molar-refractivity contribution in [2.24, 2.45) is 5.92 Å². The van der Waals surface area contributed by atoms with Crippen LogP contribution in [0.3, 0.4) is 0 Å². The van der Waals surface area contributed by atoms with Crippen LogP contribution in [0.25, 0.3) is 4.96 Å². The summed E-state index contributed by atoms with van der Waals surface area (Å²) in [5.74, 6) is 0.785. The predicted octanol–water partition coefficient (Wildman–Crippen LogP) is 2.96. The maximum atomic E-state index is 12.9. The molecule has 1 fully saturated rings. The number of carbonyl (C=O) groups is 1. The molecule has 8 nitrogen and oxygen atoms in total. The smallest absolute Gasteiger partial charge is 0.278 e. The number of anilines is 1. The Morgan fingerprint density at radius 3 is 2.85 bits per heavy atom. The van der Waals surface area contributed by atoms with Crippen molar-refractivity contribution >= 4 is 27.3 Å². The van der Waals surface area contributed by atoms with Crippen LogP contribution in [-0.4, -0.2) is 40.2 Å². The van der Waals surface area contributed by atoms with Crippen LogP contribution in [0.1, 0.15) is 49.4 Å². The Hall–Kier alpha value is -2.94. The van der Waals surface area contributed by atoms with Crippen molar-refractivity contribution in [3.05, 3.63) is 51.4 Å². The number of hydrogen-bond acceptors (Lipinski definition) is 7. The lowest BCUT2D eigenvalue weighted by Gasteiger charge is -2.31. The van der Waals surface area contributed by atoms with Crippen molar-refractivity contribution in [2.45, 2.75) is 52.0 Å². The van der Waals surface area contributed by atoms with Gasteiger partial charge in [0.05, 0.1) is 18.2 Å². The number of amides is 1. The van der Waals surface area contributed by atoms with E-state index in [1.54, 1.807) is 0 Å². The number of ether oxygens (including phenoxy) is 1. The SMILES string of the molecule is CCOc1ccc(CNC(=O)[C@@H]2CCCN(c3nn4c(=O)c5c(nc4s3)CCCC5)C2)cc1. The lowest BCUT2D eigenvalue weighted by Crippen LogP contribution is -2.43. The zero-order valence-corrected chi connectivity index (χ0v) is 19.7. The van der Waals surface area contributed by atoms with Crippen molar-refractivity contribution in [3.63, 3.8) is 0 Å². The molecule has 3 aromatic rings. The first-order chi connectivity index (χ1) is 16.1. The van der Waals surface area contributed by atoms with Crippen LogP contribution in [0.4, 0.5) is 5.13 Å². The zero-order chi connectivity index (χ0) is 22.8. The number of nitrogens with one attached hydrogen (secondary N) is 1. The molecule has 1 atom stereocenters. The highest BCUT2D eigenvalue weighted by molar-refractivity contribution is 7.20. The summed E-state index contributed by atoms with van der Waals surface area (Å²) in [6.07, 6.45) is 5.54. The second kappa shape index (κ2) is 9.51. The van der Waals surface area contributed by atoms with E-state index in [1.807, 2.05) is 31.2 Å². The van der Waals surface area contributed by atoms with Crippen LogP contribution in [0.2, 0.25) is 0 Å². The van der Waals surface area contributed by atoms with Gasteiger partial charge in [-0.15, -0.1) is 5.10 Å². The third-order valence-electron chi connectivity index (χ3n) is 6.43. The minimum absolute atomic E-state index is 0.0288. The molecule has 0 unspecified atom stereocenters. The van der Waals surface area contributed by atoms with E-state index in [4.69, 9.17) is 9.72 Å². The van der Waals surface area contributed by atoms with Gasteiger partial charge in [0.25, 0.3) is 5.56 Å². The number of fused-ring (bicyclic) bond motifs is 2. The van der Waals surface area contributed by atoms with E-state index in [0.717, 1.165) is 72.8 Å². The largest absolute Gasteiger partial charge is 0.494 e. The van der Waals surface area contributed by atoms with E-state index in [2.05, 4.69) is 15.3 Å². The summed E-state index contributed by atoms with van der Waals surface area (Å²) in [4.78, 5) is 33.3. The molecule has 9 heteroatoms. The Bertz CT molecular complexity index is 1200. The zero-order valence-electron chi connectivity index (χ0n) is 18.9. The van der Waals surface area contributed by atoms with E-state index in [-0.39, 0.29) is 17.4 Å². The molecule has 1 N–H and O–H groups in total. The summed E-state index contributed by atoms with van der Waals surface area (Å²) in [5.41, 5.74) is 2.77. The van der Waals surface area contributed by atoms with Gasteiger partial charge in [-0.25, -0.2) is 4.98 Å². The Morgan fingerprint density at radius 2 is 2.03 bits per heavy atom. The minimum atomic E-state index is -0.105. The number of benzene rings is 1. The molecule has 1 aromatic carbocycles. The van der Waals surface area contributed by atoms with E-state index in [9.17, 15) is 9.59 Å². The molecule has 1 aliphatic carbocycles. The number of rotatable bonds is 6. The lowest BCUT2D eigenvalue weighted by atomic mass is 9.97. The fourth-order valence-electron chi connectivity index (χ4n) is 4.66. The molecule has 174 valence electrons. The average molecular weight is 468 g/mol. The molecule has 1 aliphatic heterocycles. The molecular formula is C24H29N5O3S. The molecule has 1 amide bonds. The number of piperidine rings is 1. The number of aromatic nitrogens is 3. The van der Waals surface area contributed by atoms with Crippen LogP contribution in [0.5, 0.6) is 5.75 Å². The Morgan fingerprint density at radius 1 is 1.21 bits per heavy atom. The van der Waals surface area contributed by atoms with Crippen molar-refractivity contribution in [1.29, 1.82) is 0 Å². The van der Waals surface area contributed by atoms with Gasteiger partial charge in [0.15, 0.2) is 0 Å². The van der Waals surface area contributed by atoms with Gasteiger partial charge in [-0.3, -0.25) is 9.59 Å². The topological polar surface area (TPSA) is 88.8 Å². The second-order valence-electron chi connectivity index (χ2n) is 8.71. The maximum absolute atomic E-state index is 12.9. The van der Waals surface area contributed by atoms with Crippen molar-refractivity contribution in [2.75, 3.05) is 24.6 Å². The summed E-state index contributed by atoms with van der Waals surface area (Å²) in [6, 6.07) is 7.80. The minimum Gasteiger partial charge on any atom is -0.494 e. The van der Waals surface area contributed by atoms with E-state index in [1.165, 1.54) is 15.9 Å². The molecule has 0 bridgehead atoms. The molecule has 33 heavy (non-hydrogen) atoms. The van der Waals surface area contributed by atoms with Gasteiger partial charge in [0, 0.05) is 25.2 Å². The van der Waals surface area contributed by atoms with Crippen LogP contribution in [0, 0.1) is 5.92 Å². The number of nitrogens with zero attached hydrogens (tertiary/aromatic N) is 4. The monoisotopic (exact) mass is 467 g/mol. The number of hydrogen-bond donors (Lipinski definition) is 1. The third kappa shape index (κ3) is 4.59. The standard InChI is InChI=1S/C24H29N5O3S/c1-2-32-18-11-9-16(10-12-18)14-25-21(30)17-6-5-13-28(15-17)24-27-29-22(31)19-7-3-4-8-20(19)26-23(29)33-24/h9-12,17H,2-8,13-15H2,1H3,(H,25,30)/t17-/m1/s1. The first-order valence-electron chi connectivity index (χ1n) is 11.8. The molecule has 1 saturated heterocycles. The van der Waals surface area contributed by atoms with Crippen molar-refractivity contribution < 1.29 is 9.53 Å². The molecule has 2 aliphatic rings. The Balaban J connectivity index is 1.25. The first kappa shape index (κ1) is 21.9. The van der Waals surface area contributed by atoms with Crippen LogP contribution >= 0.6 is 11.3 Å². The van der Waals surface area contributed by atoms with Gasteiger partial charge < -0.3 is 15.0 Å². The fraction of sp³-hybridized carbons (Fsp3) is 0.500. The highest BCUT2D eigenvalue weighted by Crippen LogP contribution is 2.28. The van der Waals surface area contributed by atoms with Gasteiger partial charge in [-0.05, 0) is 63.1 Å². The molecule has 0 spiro atoms. The molecule has 0 saturated carbocycles. The van der Waals surface area contributed by atoms with E-state index >= 15 is 0 Å². The summed E-state index contributed by atoms with van der Waals surface area (Å²) in [5, 5.41) is 8.44. The summed E-state index contributed by atoms with van der Waals surface area (Å²) in [7, 11) is 0.